The number of aromatic nitrogens is 2. The number of hydrogen-bond donors (Lipinski definition) is 0. The van der Waals surface area contributed by atoms with Crippen molar-refractivity contribution in [2.24, 2.45) is 0 Å². The van der Waals surface area contributed by atoms with E-state index in [2.05, 4.69) is 15.5 Å². The Kier molecular flexibility index (Phi) is 2.33. The number of hydrogen-bond acceptors (Lipinski definition) is 5. The van der Waals surface area contributed by atoms with E-state index >= 15 is 0 Å². The number of nitrogens with zero attached hydrogens (tertiary/aromatic N) is 2. The van der Waals surface area contributed by atoms with Gasteiger partial charge in [0.15, 0.2) is 5.51 Å². The van der Waals surface area contributed by atoms with Crippen LogP contribution in [0, 0.1) is 5.51 Å². The minimum Gasteiger partial charge on any atom is -0.470 e. The van der Waals surface area contributed by atoms with Crippen molar-refractivity contribution in [3.8, 4) is 5.88 Å². The maximum absolute atomic E-state index is 5.31. The Hall–Kier alpha value is -0.940. The summed E-state index contributed by atoms with van der Waals surface area (Å²) in [4.78, 5) is 7.94. The SMILES string of the molecule is [c]1nc(OCc2nccs2)cs1. The third-order valence-corrected chi connectivity index (χ3v) is 2.46. The molecule has 0 aliphatic heterocycles. The molecule has 0 amide bonds. The standard InChI is InChI=1S/C7H5N2OS2/c1-2-12-7(8-1)3-10-6-4-11-5-9-6/h1-2,4H,3H2. The second-order valence-electron chi connectivity index (χ2n) is 1.99. The highest BCUT2D eigenvalue weighted by Gasteiger charge is 1.98. The molecule has 0 N–H and O–H groups in total. The van der Waals surface area contributed by atoms with Crippen LogP contribution in [0.1, 0.15) is 5.01 Å². The largest absolute Gasteiger partial charge is 0.470 e. The number of thiazole rings is 2. The zero-order chi connectivity index (χ0) is 8.23. The molecule has 0 fully saturated rings. The second-order valence-corrected chi connectivity index (χ2v) is 3.62. The predicted molar refractivity (Wildman–Crippen MR) is 47.4 cm³/mol. The Labute approximate surface area is 77.7 Å². The Balaban J connectivity index is 1.91. The molecule has 0 unspecified atom stereocenters. The quantitative estimate of drug-likeness (QED) is 0.754. The fourth-order valence-corrected chi connectivity index (χ4v) is 1.65. The normalized spacial score (nSPS) is 10.0. The zero-order valence-electron chi connectivity index (χ0n) is 6.06. The van der Waals surface area contributed by atoms with Gasteiger partial charge < -0.3 is 4.74 Å². The van der Waals surface area contributed by atoms with Crippen molar-refractivity contribution in [1.29, 1.82) is 0 Å². The van der Waals surface area contributed by atoms with Gasteiger partial charge in [0.2, 0.25) is 5.88 Å². The molecular formula is C7H5N2OS2. The van der Waals surface area contributed by atoms with Crippen molar-refractivity contribution in [2.75, 3.05) is 0 Å². The second kappa shape index (κ2) is 3.64. The molecule has 0 aromatic carbocycles. The summed E-state index contributed by atoms with van der Waals surface area (Å²) in [6.45, 7) is 0.495. The molecule has 61 valence electrons. The van der Waals surface area contributed by atoms with Crippen molar-refractivity contribution < 1.29 is 4.74 Å². The van der Waals surface area contributed by atoms with E-state index in [-0.39, 0.29) is 0 Å². The fraction of sp³-hybridized carbons (Fsp3) is 0.143. The van der Waals surface area contributed by atoms with E-state index in [1.54, 1.807) is 17.5 Å². The average molecular weight is 197 g/mol. The molecule has 0 aliphatic rings. The molecule has 2 rings (SSSR count). The van der Waals surface area contributed by atoms with Crippen LogP contribution in [0.15, 0.2) is 17.0 Å². The summed E-state index contributed by atoms with van der Waals surface area (Å²) in [5, 5.41) is 4.70. The summed E-state index contributed by atoms with van der Waals surface area (Å²) in [7, 11) is 0. The molecule has 1 radical (unpaired) electrons. The lowest BCUT2D eigenvalue weighted by Gasteiger charge is -1.96. The first kappa shape index (κ1) is 7.70. The molecule has 0 saturated heterocycles. The zero-order valence-corrected chi connectivity index (χ0v) is 7.69. The first-order valence-corrected chi connectivity index (χ1v) is 5.04. The summed E-state index contributed by atoms with van der Waals surface area (Å²) in [5.41, 5.74) is 2.71. The van der Waals surface area contributed by atoms with Crippen LogP contribution in [-0.2, 0) is 6.61 Å². The van der Waals surface area contributed by atoms with Gasteiger partial charge in [-0.05, 0) is 0 Å². The van der Waals surface area contributed by atoms with Crippen LogP contribution >= 0.6 is 22.7 Å². The first-order chi connectivity index (χ1) is 5.95. The van der Waals surface area contributed by atoms with E-state index < -0.39 is 0 Å². The van der Waals surface area contributed by atoms with Gasteiger partial charge in [-0.2, -0.15) is 4.98 Å². The van der Waals surface area contributed by atoms with Crippen molar-refractivity contribution in [3.05, 3.63) is 27.5 Å². The van der Waals surface area contributed by atoms with E-state index in [0.29, 0.717) is 12.5 Å². The molecule has 2 aromatic rings. The fourth-order valence-electron chi connectivity index (χ4n) is 0.701. The van der Waals surface area contributed by atoms with Crippen LogP contribution in [0.2, 0.25) is 0 Å². The Morgan fingerprint density at radius 2 is 2.58 bits per heavy atom. The van der Waals surface area contributed by atoms with Gasteiger partial charge in [-0.15, -0.1) is 22.7 Å². The van der Waals surface area contributed by atoms with E-state index in [4.69, 9.17) is 4.74 Å². The lowest BCUT2D eigenvalue weighted by Crippen LogP contribution is -1.93. The third kappa shape index (κ3) is 1.80. The van der Waals surface area contributed by atoms with Crippen molar-refractivity contribution >= 4 is 22.7 Å². The highest BCUT2D eigenvalue weighted by molar-refractivity contribution is 7.09. The average Bonchev–Trinajstić information content (AvgIpc) is 2.74. The topological polar surface area (TPSA) is 35.0 Å². The van der Waals surface area contributed by atoms with Crippen LogP contribution < -0.4 is 4.74 Å². The molecule has 5 heteroatoms. The van der Waals surface area contributed by atoms with Gasteiger partial charge in [0.1, 0.15) is 11.6 Å². The summed E-state index contributed by atoms with van der Waals surface area (Å²) in [5.74, 6) is 0.621. The molecule has 0 aliphatic carbocycles. The number of rotatable bonds is 3. The van der Waals surface area contributed by atoms with E-state index in [9.17, 15) is 0 Å². The van der Waals surface area contributed by atoms with Gasteiger partial charge in [0, 0.05) is 11.6 Å². The van der Waals surface area contributed by atoms with Gasteiger partial charge in [0.25, 0.3) is 0 Å². The monoisotopic (exact) mass is 197 g/mol. The molecule has 2 heterocycles. The Bertz CT molecular complexity index is 283. The maximum atomic E-state index is 5.31. The van der Waals surface area contributed by atoms with E-state index in [0.717, 1.165) is 5.01 Å². The molecular weight excluding hydrogens is 192 g/mol. The summed E-state index contributed by atoms with van der Waals surface area (Å²) in [6, 6.07) is 0. The lowest BCUT2D eigenvalue weighted by atomic mass is 10.7. The summed E-state index contributed by atoms with van der Waals surface area (Å²) in [6.07, 6.45) is 1.76. The highest BCUT2D eigenvalue weighted by Crippen LogP contribution is 2.12. The molecule has 0 bridgehead atoms. The molecule has 0 atom stereocenters. The van der Waals surface area contributed by atoms with Crippen molar-refractivity contribution in [2.45, 2.75) is 6.61 Å². The van der Waals surface area contributed by atoms with Crippen molar-refractivity contribution in [1.82, 2.24) is 9.97 Å². The van der Waals surface area contributed by atoms with Gasteiger partial charge in [-0.25, -0.2) is 4.98 Å². The van der Waals surface area contributed by atoms with Crippen LogP contribution in [0.5, 0.6) is 5.88 Å². The van der Waals surface area contributed by atoms with Crippen LogP contribution in [0.3, 0.4) is 0 Å². The minimum absolute atomic E-state index is 0.495. The van der Waals surface area contributed by atoms with Crippen LogP contribution in [-0.4, -0.2) is 9.97 Å². The Morgan fingerprint density at radius 3 is 3.25 bits per heavy atom. The molecule has 2 aromatic heterocycles. The van der Waals surface area contributed by atoms with E-state index in [1.807, 2.05) is 10.8 Å². The molecule has 0 spiro atoms. The maximum Gasteiger partial charge on any atom is 0.225 e. The van der Waals surface area contributed by atoms with Gasteiger partial charge >= 0.3 is 0 Å². The third-order valence-electron chi connectivity index (χ3n) is 1.20. The smallest absolute Gasteiger partial charge is 0.225 e. The van der Waals surface area contributed by atoms with Crippen molar-refractivity contribution in [3.63, 3.8) is 0 Å². The van der Waals surface area contributed by atoms with Crippen LogP contribution in [0.25, 0.3) is 0 Å². The van der Waals surface area contributed by atoms with Gasteiger partial charge in [0.05, 0.1) is 5.38 Å². The van der Waals surface area contributed by atoms with Gasteiger partial charge in [-0.3, -0.25) is 0 Å². The summed E-state index contributed by atoms with van der Waals surface area (Å²) >= 11 is 2.97. The predicted octanol–water partition coefficient (Wildman–Crippen LogP) is 1.98. The minimum atomic E-state index is 0.495. The number of ether oxygens (including phenoxy) is 1. The Morgan fingerprint density at radius 1 is 1.58 bits per heavy atom. The molecule has 12 heavy (non-hydrogen) atoms. The van der Waals surface area contributed by atoms with Crippen LogP contribution in [0.4, 0.5) is 0 Å². The lowest BCUT2D eigenvalue weighted by molar-refractivity contribution is 0.295. The highest BCUT2D eigenvalue weighted by atomic mass is 32.1. The molecule has 3 nitrogen and oxygen atoms in total. The molecule has 0 saturated carbocycles. The summed E-state index contributed by atoms with van der Waals surface area (Å²) < 4.78 is 5.31. The van der Waals surface area contributed by atoms with Gasteiger partial charge in [-0.1, -0.05) is 0 Å². The first-order valence-electron chi connectivity index (χ1n) is 3.28. The van der Waals surface area contributed by atoms with E-state index in [1.165, 1.54) is 11.3 Å².